The molecule has 28 heavy (non-hydrogen) atoms. The van der Waals surface area contributed by atoms with Crippen molar-refractivity contribution in [3.63, 3.8) is 0 Å². The van der Waals surface area contributed by atoms with Gasteiger partial charge in [-0.1, -0.05) is 42.5 Å². The molecule has 7 nitrogen and oxygen atoms in total. The molecule has 3 aromatic rings. The van der Waals surface area contributed by atoms with Crippen LogP contribution in [0.1, 0.15) is 31.1 Å². The molecule has 0 amide bonds. The summed E-state index contributed by atoms with van der Waals surface area (Å²) in [4.78, 5) is 32.3. The molecule has 3 aromatic carbocycles. The highest BCUT2D eigenvalue weighted by Crippen LogP contribution is 2.28. The van der Waals surface area contributed by atoms with Crippen molar-refractivity contribution in [3.8, 4) is 11.5 Å². The molecule has 0 fully saturated rings. The number of ether oxygens (including phenoxy) is 1. The summed E-state index contributed by atoms with van der Waals surface area (Å²) in [7, 11) is 0. The van der Waals surface area contributed by atoms with Gasteiger partial charge in [-0.05, 0) is 36.4 Å². The normalized spacial score (nSPS) is 9.57. The molecule has 0 atom stereocenters. The molecule has 0 aliphatic carbocycles. The Morgan fingerprint density at radius 2 is 0.929 bits per heavy atom. The van der Waals surface area contributed by atoms with Crippen molar-refractivity contribution < 1.29 is 34.4 Å². The fourth-order valence-corrected chi connectivity index (χ4v) is 2.16. The number of aromatic carboxylic acids is 3. The number of para-hydroxylation sites is 2. The van der Waals surface area contributed by atoms with E-state index in [9.17, 15) is 14.4 Å². The van der Waals surface area contributed by atoms with E-state index in [1.54, 1.807) is 54.6 Å². The summed E-state index contributed by atoms with van der Waals surface area (Å²) < 4.78 is 5.40. The molecule has 0 radical (unpaired) electrons. The van der Waals surface area contributed by atoms with E-state index in [1.807, 2.05) is 0 Å². The summed E-state index contributed by atoms with van der Waals surface area (Å²) in [5.41, 5.74) is 0.280. The second kappa shape index (κ2) is 9.54. The lowest BCUT2D eigenvalue weighted by molar-refractivity contribution is 0.0683. The average molecular weight is 380 g/mol. The van der Waals surface area contributed by atoms with Gasteiger partial charge in [-0.15, -0.1) is 0 Å². The minimum atomic E-state index is -1.14. The summed E-state index contributed by atoms with van der Waals surface area (Å²) in [6.07, 6.45) is 0. The van der Waals surface area contributed by atoms with Crippen LogP contribution in [0.3, 0.4) is 0 Å². The van der Waals surface area contributed by atoms with Gasteiger partial charge in [0.1, 0.15) is 22.6 Å². The summed E-state index contributed by atoms with van der Waals surface area (Å²) >= 11 is 0. The maximum Gasteiger partial charge on any atom is 0.339 e. The largest absolute Gasteiger partial charge is 0.478 e. The van der Waals surface area contributed by atoms with Gasteiger partial charge in [-0.2, -0.15) is 0 Å². The van der Waals surface area contributed by atoms with Crippen LogP contribution in [0.4, 0.5) is 0 Å². The van der Waals surface area contributed by atoms with Crippen molar-refractivity contribution in [2.75, 3.05) is 0 Å². The maximum atomic E-state index is 11.0. The van der Waals surface area contributed by atoms with Crippen molar-refractivity contribution in [2.45, 2.75) is 0 Å². The third-order valence-electron chi connectivity index (χ3n) is 3.48. The molecule has 0 bridgehead atoms. The molecule has 0 aliphatic heterocycles. The zero-order valence-corrected chi connectivity index (χ0v) is 14.5. The van der Waals surface area contributed by atoms with E-state index >= 15 is 0 Å². The number of carbonyl (C=O) groups is 3. The number of hydrogen-bond acceptors (Lipinski definition) is 4. The number of carboxylic acid groups (broad SMARTS) is 3. The van der Waals surface area contributed by atoms with E-state index in [-0.39, 0.29) is 22.6 Å². The molecule has 0 heterocycles. The monoisotopic (exact) mass is 380 g/mol. The Morgan fingerprint density at radius 3 is 1.29 bits per heavy atom. The van der Waals surface area contributed by atoms with Crippen LogP contribution in [-0.2, 0) is 0 Å². The SMILES string of the molecule is O=C(O)c1ccccc1.O=C(O)c1ccccc1Oc1ccccc1C(=O)O. The van der Waals surface area contributed by atoms with E-state index in [2.05, 4.69) is 0 Å². The summed E-state index contributed by atoms with van der Waals surface area (Å²) in [6, 6.07) is 20.4. The molecule has 0 saturated heterocycles. The standard InChI is InChI=1S/C14H10O5.C7H6O2/c15-13(16)9-5-1-3-7-11(9)19-12-8-4-2-6-10(12)14(17)18;8-7(9)6-4-2-1-3-5-6/h1-8H,(H,15,16)(H,17,18);1-5H,(H,8,9). The second-order valence-corrected chi connectivity index (χ2v) is 5.38. The van der Waals surface area contributed by atoms with Gasteiger partial charge in [0.15, 0.2) is 0 Å². The average Bonchev–Trinajstić information content (AvgIpc) is 2.69. The smallest absolute Gasteiger partial charge is 0.339 e. The topological polar surface area (TPSA) is 121 Å². The highest BCUT2D eigenvalue weighted by Gasteiger charge is 2.15. The number of benzene rings is 3. The predicted octanol–water partition coefficient (Wildman–Crippen LogP) is 4.26. The fourth-order valence-electron chi connectivity index (χ4n) is 2.16. The zero-order valence-electron chi connectivity index (χ0n) is 14.5. The van der Waals surface area contributed by atoms with E-state index in [1.165, 1.54) is 24.3 Å². The maximum absolute atomic E-state index is 11.0. The van der Waals surface area contributed by atoms with Gasteiger partial charge in [0, 0.05) is 0 Å². The summed E-state index contributed by atoms with van der Waals surface area (Å²) in [6.45, 7) is 0. The van der Waals surface area contributed by atoms with Crippen molar-refractivity contribution in [1.82, 2.24) is 0 Å². The number of hydrogen-bond donors (Lipinski definition) is 3. The van der Waals surface area contributed by atoms with Crippen molar-refractivity contribution in [3.05, 3.63) is 95.6 Å². The van der Waals surface area contributed by atoms with Gasteiger partial charge in [-0.3, -0.25) is 0 Å². The van der Waals surface area contributed by atoms with Gasteiger partial charge < -0.3 is 20.1 Å². The Balaban J connectivity index is 0.000000261. The fraction of sp³-hybridized carbons (Fsp3) is 0. The lowest BCUT2D eigenvalue weighted by atomic mass is 10.2. The van der Waals surface area contributed by atoms with Gasteiger partial charge in [0.05, 0.1) is 5.56 Å². The van der Waals surface area contributed by atoms with Gasteiger partial charge >= 0.3 is 17.9 Å². The van der Waals surface area contributed by atoms with E-state index < -0.39 is 17.9 Å². The van der Waals surface area contributed by atoms with Crippen LogP contribution in [0.25, 0.3) is 0 Å². The molecular formula is C21H16O7. The number of carboxylic acids is 3. The first-order valence-corrected chi connectivity index (χ1v) is 8.01. The Kier molecular flexibility index (Phi) is 6.87. The minimum Gasteiger partial charge on any atom is -0.478 e. The second-order valence-electron chi connectivity index (χ2n) is 5.38. The van der Waals surface area contributed by atoms with Crippen LogP contribution in [0, 0.1) is 0 Å². The van der Waals surface area contributed by atoms with Crippen LogP contribution in [0.2, 0.25) is 0 Å². The Bertz CT molecular complexity index is 925. The summed E-state index contributed by atoms with van der Waals surface area (Å²) in [5, 5.41) is 26.4. The zero-order chi connectivity index (χ0) is 20.5. The molecule has 0 unspecified atom stereocenters. The van der Waals surface area contributed by atoms with Crippen molar-refractivity contribution in [2.24, 2.45) is 0 Å². The third-order valence-corrected chi connectivity index (χ3v) is 3.48. The highest BCUT2D eigenvalue weighted by atomic mass is 16.5. The van der Waals surface area contributed by atoms with Crippen LogP contribution in [0.5, 0.6) is 11.5 Å². The number of rotatable bonds is 5. The van der Waals surface area contributed by atoms with Crippen LogP contribution < -0.4 is 4.74 Å². The molecule has 0 spiro atoms. The third kappa shape index (κ3) is 5.43. The molecule has 0 aromatic heterocycles. The van der Waals surface area contributed by atoms with Gasteiger partial charge in [0.2, 0.25) is 0 Å². The first-order chi connectivity index (χ1) is 13.4. The Labute approximate surface area is 160 Å². The van der Waals surface area contributed by atoms with E-state index in [0.717, 1.165) is 0 Å². The van der Waals surface area contributed by atoms with Crippen LogP contribution in [-0.4, -0.2) is 33.2 Å². The first-order valence-electron chi connectivity index (χ1n) is 8.01. The van der Waals surface area contributed by atoms with E-state index in [0.29, 0.717) is 5.56 Å². The minimum absolute atomic E-state index is 0.0253. The highest BCUT2D eigenvalue weighted by molar-refractivity contribution is 5.92. The summed E-state index contributed by atoms with van der Waals surface area (Å²) in [5.74, 6) is -2.95. The molecule has 0 saturated carbocycles. The predicted molar refractivity (Wildman–Crippen MR) is 100 cm³/mol. The lowest BCUT2D eigenvalue weighted by Crippen LogP contribution is -2.03. The lowest BCUT2D eigenvalue weighted by Gasteiger charge is -2.10. The first kappa shape index (κ1) is 20.2. The molecule has 3 rings (SSSR count). The van der Waals surface area contributed by atoms with Crippen LogP contribution >= 0.6 is 0 Å². The molecular weight excluding hydrogens is 364 g/mol. The van der Waals surface area contributed by atoms with Crippen LogP contribution in [0.15, 0.2) is 78.9 Å². The van der Waals surface area contributed by atoms with Crippen molar-refractivity contribution in [1.29, 1.82) is 0 Å². The Morgan fingerprint density at radius 1 is 0.536 bits per heavy atom. The van der Waals surface area contributed by atoms with Gasteiger partial charge in [0.25, 0.3) is 0 Å². The molecule has 0 aliphatic rings. The van der Waals surface area contributed by atoms with E-state index in [4.69, 9.17) is 20.1 Å². The van der Waals surface area contributed by atoms with Gasteiger partial charge in [-0.25, -0.2) is 14.4 Å². The molecule has 3 N–H and O–H groups in total. The Hall–Kier alpha value is -4.13. The molecule has 7 heteroatoms. The van der Waals surface area contributed by atoms with Crippen molar-refractivity contribution >= 4 is 17.9 Å². The quantitative estimate of drug-likeness (QED) is 0.604. The molecule has 142 valence electrons.